The third-order valence-electron chi connectivity index (χ3n) is 4.70. The Bertz CT molecular complexity index is 720. The summed E-state index contributed by atoms with van der Waals surface area (Å²) in [7, 11) is 0. The Morgan fingerprint density at radius 1 is 1.17 bits per heavy atom. The molecule has 2 aromatic rings. The predicted octanol–water partition coefficient (Wildman–Crippen LogP) is 1.56. The van der Waals surface area contributed by atoms with Crippen molar-refractivity contribution in [2.24, 2.45) is 0 Å². The number of carbonyl (C=O) groups excluding carboxylic acids is 1. The second kappa shape index (κ2) is 5.61. The van der Waals surface area contributed by atoms with Crippen molar-refractivity contribution < 1.29 is 4.79 Å². The number of aromatic nitrogens is 3. The largest absolute Gasteiger partial charge is 0.335 e. The van der Waals surface area contributed by atoms with Crippen molar-refractivity contribution in [3.8, 4) is 0 Å². The van der Waals surface area contributed by atoms with Crippen LogP contribution in [0.15, 0.2) is 36.7 Å². The summed E-state index contributed by atoms with van der Waals surface area (Å²) in [4.78, 5) is 29.8. The summed E-state index contributed by atoms with van der Waals surface area (Å²) in [5, 5.41) is 0. The molecule has 2 aliphatic heterocycles. The quantitative estimate of drug-likeness (QED) is 0.861. The van der Waals surface area contributed by atoms with Gasteiger partial charge in [0.05, 0.1) is 24.3 Å². The van der Waals surface area contributed by atoms with Gasteiger partial charge in [0.2, 0.25) is 11.9 Å². The van der Waals surface area contributed by atoms with Gasteiger partial charge in [0.1, 0.15) is 0 Å². The van der Waals surface area contributed by atoms with Crippen molar-refractivity contribution in [2.75, 3.05) is 11.4 Å². The van der Waals surface area contributed by atoms with E-state index in [4.69, 9.17) is 0 Å². The van der Waals surface area contributed by atoms with E-state index < -0.39 is 0 Å². The Hall–Kier alpha value is -2.50. The smallest absolute Gasteiger partial charge is 0.225 e. The Balaban J connectivity index is 1.55. The second-order valence-corrected chi connectivity index (χ2v) is 6.16. The van der Waals surface area contributed by atoms with E-state index in [0.29, 0.717) is 13.0 Å². The molecule has 0 radical (unpaired) electrons. The third-order valence-corrected chi connectivity index (χ3v) is 4.70. The maximum atomic E-state index is 12.5. The summed E-state index contributed by atoms with van der Waals surface area (Å²) < 4.78 is 0. The van der Waals surface area contributed by atoms with Crippen molar-refractivity contribution in [1.29, 1.82) is 0 Å². The van der Waals surface area contributed by atoms with Crippen molar-refractivity contribution in [1.82, 2.24) is 19.9 Å². The van der Waals surface area contributed by atoms with Crippen molar-refractivity contribution >= 4 is 11.9 Å². The van der Waals surface area contributed by atoms with Gasteiger partial charge in [0, 0.05) is 31.1 Å². The van der Waals surface area contributed by atoms with Crippen LogP contribution >= 0.6 is 0 Å². The lowest BCUT2D eigenvalue weighted by Gasteiger charge is -2.25. The zero-order valence-electron chi connectivity index (χ0n) is 13.1. The molecule has 0 bridgehead atoms. The molecule has 1 amide bonds. The monoisotopic (exact) mass is 309 g/mol. The molecule has 2 atom stereocenters. The number of hydrogen-bond donors (Lipinski definition) is 0. The maximum absolute atomic E-state index is 12.5. The molecule has 2 aliphatic rings. The Morgan fingerprint density at radius 2 is 2.00 bits per heavy atom. The van der Waals surface area contributed by atoms with Crippen molar-refractivity contribution in [2.45, 2.75) is 38.4 Å². The highest BCUT2D eigenvalue weighted by Gasteiger charge is 2.47. The minimum Gasteiger partial charge on any atom is -0.335 e. The molecule has 0 spiro atoms. The molecule has 0 saturated carbocycles. The van der Waals surface area contributed by atoms with Gasteiger partial charge >= 0.3 is 0 Å². The second-order valence-electron chi connectivity index (χ2n) is 6.16. The summed E-state index contributed by atoms with van der Waals surface area (Å²) >= 11 is 0. The average Bonchev–Trinajstić information content (AvgIpc) is 3.09. The summed E-state index contributed by atoms with van der Waals surface area (Å²) in [5.74, 6) is 0.923. The van der Waals surface area contributed by atoms with Gasteiger partial charge in [-0.1, -0.05) is 6.07 Å². The van der Waals surface area contributed by atoms with Gasteiger partial charge in [-0.3, -0.25) is 9.78 Å². The van der Waals surface area contributed by atoms with E-state index in [2.05, 4.69) is 19.9 Å². The first-order chi connectivity index (χ1) is 11.2. The molecule has 0 N–H and O–H groups in total. The number of pyridine rings is 1. The molecular weight excluding hydrogens is 290 g/mol. The number of amides is 1. The maximum Gasteiger partial charge on any atom is 0.225 e. The van der Waals surface area contributed by atoms with Gasteiger partial charge in [-0.15, -0.1) is 0 Å². The molecule has 6 nitrogen and oxygen atoms in total. The van der Waals surface area contributed by atoms with Crippen LogP contribution in [0.5, 0.6) is 0 Å². The third kappa shape index (κ3) is 2.54. The van der Waals surface area contributed by atoms with Gasteiger partial charge in [0.15, 0.2) is 0 Å². The van der Waals surface area contributed by atoms with Crippen LogP contribution in [0.1, 0.15) is 24.2 Å². The average molecular weight is 309 g/mol. The Morgan fingerprint density at radius 3 is 2.78 bits per heavy atom. The van der Waals surface area contributed by atoms with Crippen LogP contribution in [0, 0.1) is 6.92 Å². The van der Waals surface area contributed by atoms with E-state index in [-0.39, 0.29) is 18.0 Å². The number of hydrogen-bond acceptors (Lipinski definition) is 5. The number of nitrogens with zero attached hydrogens (tertiary/aromatic N) is 5. The van der Waals surface area contributed by atoms with Gasteiger partial charge in [0.25, 0.3) is 0 Å². The van der Waals surface area contributed by atoms with Crippen LogP contribution in [-0.4, -0.2) is 44.4 Å². The zero-order chi connectivity index (χ0) is 15.8. The molecule has 0 unspecified atom stereocenters. The number of carbonyl (C=O) groups is 1. The number of aryl methyl sites for hydroxylation is 1. The van der Waals surface area contributed by atoms with Crippen LogP contribution < -0.4 is 4.90 Å². The van der Waals surface area contributed by atoms with Crippen LogP contribution in [-0.2, 0) is 11.3 Å². The summed E-state index contributed by atoms with van der Waals surface area (Å²) in [5.41, 5.74) is 1.94. The predicted molar refractivity (Wildman–Crippen MR) is 85.7 cm³/mol. The first-order valence-electron chi connectivity index (χ1n) is 7.98. The standard InChI is InChI=1S/C17H19N5O/c1-12-4-2-5-13(20-12)11-22-14-6-9-21(15(14)10-16(22)23)17-18-7-3-8-19-17/h2-5,7-8,14-15H,6,9-11H2,1H3/t14-,15-/m1/s1. The highest BCUT2D eigenvalue weighted by atomic mass is 16.2. The first-order valence-corrected chi connectivity index (χ1v) is 7.98. The van der Waals surface area contributed by atoms with Crippen LogP contribution in [0.25, 0.3) is 0 Å². The van der Waals surface area contributed by atoms with Crippen LogP contribution in [0.2, 0.25) is 0 Å². The molecule has 2 aromatic heterocycles. The van der Waals surface area contributed by atoms with Gasteiger partial charge in [-0.25, -0.2) is 9.97 Å². The fraction of sp³-hybridized carbons (Fsp3) is 0.412. The molecule has 4 heterocycles. The molecule has 2 fully saturated rings. The summed E-state index contributed by atoms with van der Waals surface area (Å²) in [6.45, 7) is 3.46. The normalized spacial score (nSPS) is 23.4. The minimum atomic E-state index is 0.176. The lowest BCUT2D eigenvalue weighted by Crippen LogP contribution is -2.37. The molecule has 0 aliphatic carbocycles. The zero-order valence-corrected chi connectivity index (χ0v) is 13.1. The van der Waals surface area contributed by atoms with Crippen molar-refractivity contribution in [3.05, 3.63) is 48.0 Å². The van der Waals surface area contributed by atoms with E-state index in [9.17, 15) is 4.79 Å². The highest BCUT2D eigenvalue weighted by Crippen LogP contribution is 2.34. The lowest BCUT2D eigenvalue weighted by molar-refractivity contribution is -0.129. The van der Waals surface area contributed by atoms with E-state index in [1.165, 1.54) is 0 Å². The molecule has 118 valence electrons. The molecule has 23 heavy (non-hydrogen) atoms. The molecule has 2 saturated heterocycles. The summed E-state index contributed by atoms with van der Waals surface area (Å²) in [6.07, 6.45) is 5.00. The van der Waals surface area contributed by atoms with E-state index in [0.717, 1.165) is 30.3 Å². The Kier molecular flexibility index (Phi) is 3.44. The molecule has 6 heteroatoms. The molecule has 0 aromatic carbocycles. The van der Waals surface area contributed by atoms with Gasteiger partial charge < -0.3 is 9.80 Å². The molecular formula is C17H19N5O. The number of rotatable bonds is 3. The SMILES string of the molecule is Cc1cccc(CN2C(=O)C[C@@H]3[C@H]2CCN3c2ncccn2)n1. The van der Waals surface area contributed by atoms with Crippen LogP contribution in [0.4, 0.5) is 5.95 Å². The van der Waals surface area contributed by atoms with Crippen LogP contribution in [0.3, 0.4) is 0 Å². The Labute approximate surface area is 135 Å². The highest BCUT2D eigenvalue weighted by molar-refractivity contribution is 5.81. The van der Waals surface area contributed by atoms with Gasteiger partial charge in [-0.2, -0.15) is 0 Å². The van der Waals surface area contributed by atoms with Crippen molar-refractivity contribution in [3.63, 3.8) is 0 Å². The lowest BCUT2D eigenvalue weighted by atomic mass is 10.1. The van der Waals surface area contributed by atoms with E-state index >= 15 is 0 Å². The number of anilines is 1. The minimum absolute atomic E-state index is 0.176. The number of likely N-dealkylation sites (tertiary alicyclic amines) is 1. The van der Waals surface area contributed by atoms with E-state index in [1.54, 1.807) is 12.4 Å². The summed E-state index contributed by atoms with van der Waals surface area (Å²) in [6, 6.07) is 8.17. The topological polar surface area (TPSA) is 62.2 Å². The van der Waals surface area contributed by atoms with E-state index in [1.807, 2.05) is 36.1 Å². The van der Waals surface area contributed by atoms with Gasteiger partial charge in [-0.05, 0) is 31.5 Å². The molecule has 4 rings (SSSR count). The number of fused-ring (bicyclic) bond motifs is 1. The fourth-order valence-electron chi connectivity index (χ4n) is 3.68. The first kappa shape index (κ1) is 14.1. The fourth-order valence-corrected chi connectivity index (χ4v) is 3.68.